The predicted octanol–water partition coefficient (Wildman–Crippen LogP) is 1.34. The van der Waals surface area contributed by atoms with Crippen LogP contribution in [0.2, 0.25) is 0 Å². The molecule has 7 nitrogen and oxygen atoms in total. The zero-order valence-electron chi connectivity index (χ0n) is 14.8. The van der Waals surface area contributed by atoms with Crippen molar-refractivity contribution in [2.75, 3.05) is 24.7 Å². The number of ether oxygens (including phenoxy) is 1. The molecule has 26 heavy (non-hydrogen) atoms. The number of hydrogen-bond donors (Lipinski definition) is 2. The normalized spacial score (nSPS) is 24.3. The third-order valence-corrected chi connectivity index (χ3v) is 5.07. The van der Waals surface area contributed by atoms with Crippen LogP contribution in [0.15, 0.2) is 24.3 Å². The van der Waals surface area contributed by atoms with E-state index in [-0.39, 0.29) is 30.7 Å². The summed E-state index contributed by atoms with van der Waals surface area (Å²) < 4.78 is 5.34. The molecule has 2 heterocycles. The lowest BCUT2D eigenvalue weighted by Gasteiger charge is -2.28. The molecule has 1 aromatic carbocycles. The molecule has 3 atom stereocenters. The van der Waals surface area contributed by atoms with Gasteiger partial charge in [-0.15, -0.1) is 0 Å². The monoisotopic (exact) mass is 360 g/mol. The number of aliphatic carboxylic acids is 1. The molecule has 2 amide bonds. The molecule has 0 saturated carbocycles. The van der Waals surface area contributed by atoms with Crippen molar-refractivity contribution in [2.45, 2.75) is 32.2 Å². The van der Waals surface area contributed by atoms with Crippen LogP contribution in [0.3, 0.4) is 0 Å². The van der Waals surface area contributed by atoms with Crippen LogP contribution in [0.5, 0.6) is 0 Å². The summed E-state index contributed by atoms with van der Waals surface area (Å²) in [5.41, 5.74) is 1.85. The number of carboxylic acids is 1. The molecule has 2 fully saturated rings. The summed E-state index contributed by atoms with van der Waals surface area (Å²) in [5, 5.41) is 12.1. The van der Waals surface area contributed by atoms with Crippen molar-refractivity contribution in [2.24, 2.45) is 11.8 Å². The maximum absolute atomic E-state index is 12.6. The molecule has 3 rings (SSSR count). The Labute approximate surface area is 152 Å². The number of aryl methyl sites for hydroxylation is 1. The van der Waals surface area contributed by atoms with E-state index in [2.05, 4.69) is 5.32 Å². The minimum absolute atomic E-state index is 0.0905. The lowest BCUT2D eigenvalue weighted by molar-refractivity contribution is -0.145. The van der Waals surface area contributed by atoms with E-state index in [0.29, 0.717) is 19.6 Å². The van der Waals surface area contributed by atoms with Gasteiger partial charge < -0.3 is 20.1 Å². The van der Waals surface area contributed by atoms with Crippen molar-refractivity contribution in [1.82, 2.24) is 5.32 Å². The van der Waals surface area contributed by atoms with Gasteiger partial charge in [0.25, 0.3) is 0 Å². The van der Waals surface area contributed by atoms with Crippen molar-refractivity contribution < 1.29 is 24.2 Å². The number of carbonyl (C=O) groups is 3. The summed E-state index contributed by atoms with van der Waals surface area (Å²) in [7, 11) is 0. The molecule has 2 N–H and O–H groups in total. The van der Waals surface area contributed by atoms with Gasteiger partial charge in [0.05, 0.1) is 12.5 Å². The average molecular weight is 360 g/mol. The number of benzene rings is 1. The fourth-order valence-corrected chi connectivity index (χ4v) is 3.54. The first-order valence-electron chi connectivity index (χ1n) is 8.93. The Morgan fingerprint density at radius 1 is 1.31 bits per heavy atom. The molecule has 0 radical (unpaired) electrons. The topological polar surface area (TPSA) is 95.9 Å². The van der Waals surface area contributed by atoms with Crippen molar-refractivity contribution in [3.63, 3.8) is 0 Å². The van der Waals surface area contributed by atoms with Crippen LogP contribution in [-0.2, 0) is 19.1 Å². The Balaban J connectivity index is 1.65. The second kappa shape index (κ2) is 7.86. The quantitative estimate of drug-likeness (QED) is 0.826. The third-order valence-electron chi connectivity index (χ3n) is 5.07. The van der Waals surface area contributed by atoms with Gasteiger partial charge in [-0.25, -0.2) is 4.79 Å². The van der Waals surface area contributed by atoms with Gasteiger partial charge in [-0.2, -0.15) is 0 Å². The van der Waals surface area contributed by atoms with E-state index in [9.17, 15) is 19.5 Å². The number of hydrogen-bond acceptors (Lipinski definition) is 4. The molecule has 3 unspecified atom stereocenters. The van der Waals surface area contributed by atoms with Crippen LogP contribution in [0.1, 0.15) is 24.8 Å². The molecule has 1 aromatic rings. The zero-order valence-corrected chi connectivity index (χ0v) is 14.8. The molecular weight excluding hydrogens is 336 g/mol. The Bertz CT molecular complexity index is 682. The number of nitrogens with one attached hydrogen (secondary N) is 1. The Hall–Kier alpha value is -2.41. The van der Waals surface area contributed by atoms with Gasteiger partial charge in [0.2, 0.25) is 11.8 Å². The molecule has 0 aliphatic carbocycles. The summed E-state index contributed by atoms with van der Waals surface area (Å²) in [6, 6.07) is 6.56. The van der Waals surface area contributed by atoms with E-state index in [1.54, 1.807) is 4.90 Å². The molecular formula is C19H24N2O5. The Morgan fingerprint density at radius 3 is 2.65 bits per heavy atom. The molecule has 0 aromatic heterocycles. The largest absolute Gasteiger partial charge is 0.480 e. The molecule has 7 heteroatoms. The summed E-state index contributed by atoms with van der Waals surface area (Å²) >= 11 is 0. The van der Waals surface area contributed by atoms with Crippen LogP contribution in [0, 0.1) is 18.8 Å². The van der Waals surface area contributed by atoms with Crippen LogP contribution >= 0.6 is 0 Å². The average Bonchev–Trinajstić information content (AvgIpc) is 3.02. The van der Waals surface area contributed by atoms with Gasteiger partial charge in [0, 0.05) is 31.2 Å². The highest BCUT2D eigenvalue weighted by Gasteiger charge is 2.38. The standard InChI is InChI=1S/C19H24N2O5/c1-12-4-6-15(7-5-12)21-10-14(9-16(21)22)18(23)20-17(19(24)25)13-3-2-8-26-11-13/h4-7,13-14,17H,2-3,8-11H2,1H3,(H,20,23)(H,24,25). The van der Waals surface area contributed by atoms with Crippen molar-refractivity contribution >= 4 is 23.5 Å². The van der Waals surface area contributed by atoms with E-state index in [0.717, 1.165) is 17.7 Å². The summed E-state index contributed by atoms with van der Waals surface area (Å²) in [6.07, 6.45) is 1.58. The maximum atomic E-state index is 12.6. The molecule has 2 aliphatic rings. The van der Waals surface area contributed by atoms with Crippen LogP contribution in [0.25, 0.3) is 0 Å². The number of anilines is 1. The minimum atomic E-state index is -1.06. The van der Waals surface area contributed by atoms with Gasteiger partial charge in [-0.05, 0) is 31.9 Å². The molecule has 0 spiro atoms. The summed E-state index contributed by atoms with van der Waals surface area (Å²) in [4.78, 5) is 38.1. The lowest BCUT2D eigenvalue weighted by atomic mass is 9.93. The van der Waals surface area contributed by atoms with Gasteiger partial charge >= 0.3 is 5.97 Å². The van der Waals surface area contributed by atoms with Crippen molar-refractivity contribution in [3.05, 3.63) is 29.8 Å². The molecule has 0 bridgehead atoms. The maximum Gasteiger partial charge on any atom is 0.326 e. The van der Waals surface area contributed by atoms with Gasteiger partial charge in [-0.1, -0.05) is 17.7 Å². The summed E-state index contributed by atoms with van der Waals surface area (Å²) in [5.74, 6) is -2.35. The first-order chi connectivity index (χ1) is 12.5. The minimum Gasteiger partial charge on any atom is -0.480 e. The van der Waals surface area contributed by atoms with Crippen molar-refractivity contribution in [3.8, 4) is 0 Å². The highest BCUT2D eigenvalue weighted by atomic mass is 16.5. The second-order valence-corrected chi connectivity index (χ2v) is 7.04. The fraction of sp³-hybridized carbons (Fsp3) is 0.526. The van der Waals surface area contributed by atoms with Gasteiger partial charge in [0.15, 0.2) is 0 Å². The second-order valence-electron chi connectivity index (χ2n) is 7.04. The van der Waals surface area contributed by atoms with Gasteiger partial charge in [-0.3, -0.25) is 9.59 Å². The zero-order chi connectivity index (χ0) is 18.7. The molecule has 140 valence electrons. The number of rotatable bonds is 5. The lowest BCUT2D eigenvalue weighted by Crippen LogP contribution is -2.50. The van der Waals surface area contributed by atoms with E-state index in [1.807, 2.05) is 31.2 Å². The van der Waals surface area contributed by atoms with Crippen LogP contribution in [0.4, 0.5) is 5.69 Å². The predicted molar refractivity (Wildman–Crippen MR) is 94.7 cm³/mol. The van der Waals surface area contributed by atoms with Crippen LogP contribution < -0.4 is 10.2 Å². The molecule has 2 saturated heterocycles. The van der Waals surface area contributed by atoms with Crippen LogP contribution in [-0.4, -0.2) is 48.7 Å². The van der Waals surface area contributed by atoms with E-state index in [4.69, 9.17) is 4.74 Å². The molecule has 2 aliphatic heterocycles. The number of amides is 2. The fourth-order valence-electron chi connectivity index (χ4n) is 3.54. The number of nitrogens with zero attached hydrogens (tertiary/aromatic N) is 1. The van der Waals surface area contributed by atoms with Gasteiger partial charge in [0.1, 0.15) is 6.04 Å². The smallest absolute Gasteiger partial charge is 0.326 e. The number of carbonyl (C=O) groups excluding carboxylic acids is 2. The van der Waals surface area contributed by atoms with E-state index < -0.39 is 17.9 Å². The van der Waals surface area contributed by atoms with E-state index in [1.165, 1.54) is 0 Å². The highest BCUT2D eigenvalue weighted by Crippen LogP contribution is 2.26. The van der Waals surface area contributed by atoms with Crippen molar-refractivity contribution in [1.29, 1.82) is 0 Å². The Morgan fingerprint density at radius 2 is 2.04 bits per heavy atom. The summed E-state index contributed by atoms with van der Waals surface area (Å²) in [6.45, 7) is 3.18. The van der Waals surface area contributed by atoms with E-state index >= 15 is 0 Å². The highest BCUT2D eigenvalue weighted by molar-refractivity contribution is 6.00. The third kappa shape index (κ3) is 4.04. The first-order valence-corrected chi connectivity index (χ1v) is 8.93. The number of carboxylic acid groups (broad SMARTS) is 1. The first kappa shape index (κ1) is 18.4. The SMILES string of the molecule is Cc1ccc(N2CC(C(=O)NC(C(=O)O)C3CCCOC3)CC2=O)cc1. The Kier molecular flexibility index (Phi) is 5.56.